The number of nitrogens with zero attached hydrogens (tertiary/aromatic N) is 3. The highest BCUT2D eigenvalue weighted by molar-refractivity contribution is 6.31. The van der Waals surface area contributed by atoms with Gasteiger partial charge in [0.05, 0.1) is 22.8 Å². The van der Waals surface area contributed by atoms with Crippen LogP contribution in [0.25, 0.3) is 0 Å². The number of H-pyrrole nitrogens is 1. The maximum absolute atomic E-state index is 15.9. The molecule has 0 aliphatic carbocycles. The van der Waals surface area contributed by atoms with Gasteiger partial charge in [-0.2, -0.15) is 0 Å². The Morgan fingerprint density at radius 1 is 1.25 bits per heavy atom. The Morgan fingerprint density at radius 2 is 2.00 bits per heavy atom. The predicted octanol–water partition coefficient (Wildman–Crippen LogP) is 5.05. The lowest BCUT2D eigenvalue weighted by Gasteiger charge is -2.44. The minimum Gasteiger partial charge on any atom is -0.436 e. The summed E-state index contributed by atoms with van der Waals surface area (Å²) in [6, 6.07) is 7.69. The van der Waals surface area contributed by atoms with E-state index in [4.69, 9.17) is 16.3 Å². The highest BCUT2D eigenvalue weighted by atomic mass is 35.5. The van der Waals surface area contributed by atoms with Crippen molar-refractivity contribution in [1.29, 1.82) is 0 Å². The fourth-order valence-corrected chi connectivity index (χ4v) is 5.00. The summed E-state index contributed by atoms with van der Waals surface area (Å²) >= 11 is 5.99. The third-order valence-corrected chi connectivity index (χ3v) is 6.95. The van der Waals surface area contributed by atoms with Crippen molar-refractivity contribution in [2.45, 2.75) is 37.5 Å². The number of hydrogen-bond donors (Lipinski definition) is 2. The topological polar surface area (TPSA) is 100 Å². The molecule has 36 heavy (non-hydrogen) atoms. The molecule has 0 bridgehead atoms. The molecule has 0 radical (unpaired) electrons. The maximum atomic E-state index is 15.9. The van der Waals surface area contributed by atoms with Crippen LogP contribution in [0.2, 0.25) is 5.02 Å². The highest BCUT2D eigenvalue weighted by Gasteiger charge is 2.49. The van der Waals surface area contributed by atoms with E-state index in [1.54, 1.807) is 6.92 Å². The van der Waals surface area contributed by atoms with Crippen LogP contribution in [0.3, 0.4) is 0 Å². The molecule has 2 amide bonds. The fourth-order valence-electron chi connectivity index (χ4n) is 4.85. The van der Waals surface area contributed by atoms with Crippen molar-refractivity contribution in [2.75, 3.05) is 18.4 Å². The average molecular weight is 520 g/mol. The van der Waals surface area contributed by atoms with E-state index in [0.29, 0.717) is 6.42 Å². The third kappa shape index (κ3) is 3.87. The van der Waals surface area contributed by atoms with Crippen LogP contribution in [0.5, 0.6) is 0 Å². The minimum absolute atomic E-state index is 0.0476. The molecular formula is C24H21ClF3N5O3. The number of likely N-dealkylation sites (tertiary alicyclic amines) is 1. The van der Waals surface area contributed by atoms with Gasteiger partial charge >= 0.3 is 6.09 Å². The first-order valence-corrected chi connectivity index (χ1v) is 11.7. The van der Waals surface area contributed by atoms with Crippen LogP contribution < -0.4 is 5.32 Å². The molecule has 1 saturated heterocycles. The van der Waals surface area contributed by atoms with Crippen LogP contribution in [0.15, 0.2) is 36.4 Å². The predicted molar refractivity (Wildman–Crippen MR) is 123 cm³/mol. The zero-order chi connectivity index (χ0) is 25.7. The summed E-state index contributed by atoms with van der Waals surface area (Å²) in [5.41, 5.74) is -3.16. The largest absolute Gasteiger partial charge is 0.436 e. The summed E-state index contributed by atoms with van der Waals surface area (Å²) in [7, 11) is 0. The lowest BCUT2D eigenvalue weighted by atomic mass is 9.83. The number of rotatable bonds is 4. The molecule has 2 aliphatic heterocycles. The van der Waals surface area contributed by atoms with Gasteiger partial charge in [-0.15, -0.1) is 5.10 Å². The van der Waals surface area contributed by atoms with Gasteiger partial charge < -0.3 is 9.64 Å². The third-order valence-electron chi connectivity index (χ3n) is 6.66. The Labute approximate surface area is 208 Å². The number of carbonyl (C=O) groups excluding carboxylic acids is 2. The standard InChI is InChI=1S/C24H21ClF3N5O3/c1-2-24(28,13-4-6-14(26)7-5-13)21-30-19(31-32-21)20(34)33-11-3-10-23(12-33)17-16(29-22(35)36-23)9-8-15(25)18(17)27/h4-9H,2-3,10-12H2,1H3,(H,29,35)(H,30,31,32)/t23-,24?/m0/s1. The number of amides is 2. The van der Waals surface area contributed by atoms with E-state index in [0.717, 1.165) is 12.1 Å². The Morgan fingerprint density at radius 3 is 2.72 bits per heavy atom. The monoisotopic (exact) mass is 519 g/mol. The van der Waals surface area contributed by atoms with Gasteiger partial charge in [0, 0.05) is 6.54 Å². The van der Waals surface area contributed by atoms with Crippen LogP contribution in [0.4, 0.5) is 23.7 Å². The van der Waals surface area contributed by atoms with E-state index in [1.165, 1.54) is 29.2 Å². The van der Waals surface area contributed by atoms with E-state index in [1.807, 2.05) is 0 Å². The summed E-state index contributed by atoms with van der Waals surface area (Å²) < 4.78 is 49.9. The van der Waals surface area contributed by atoms with Gasteiger partial charge in [-0.05, 0) is 49.1 Å². The summed E-state index contributed by atoms with van der Waals surface area (Å²) in [6.45, 7) is 1.68. The molecule has 188 valence electrons. The Kier molecular flexibility index (Phi) is 5.90. The van der Waals surface area contributed by atoms with E-state index in [-0.39, 0.29) is 59.4 Å². The number of benzene rings is 2. The Hall–Kier alpha value is -3.60. The number of fused-ring (bicyclic) bond motifs is 2. The molecule has 2 N–H and O–H groups in total. The number of aromatic nitrogens is 3. The molecule has 3 aromatic rings. The van der Waals surface area contributed by atoms with Gasteiger partial charge in [0.2, 0.25) is 5.82 Å². The van der Waals surface area contributed by atoms with Crippen molar-refractivity contribution < 1.29 is 27.5 Å². The van der Waals surface area contributed by atoms with Crippen molar-refractivity contribution in [3.05, 3.63) is 75.8 Å². The molecule has 12 heteroatoms. The number of halogens is 4. The Bertz CT molecular complexity index is 1350. The van der Waals surface area contributed by atoms with Crippen molar-refractivity contribution in [2.24, 2.45) is 0 Å². The first kappa shape index (κ1) is 24.1. The quantitative estimate of drug-likeness (QED) is 0.502. The Balaban J connectivity index is 1.45. The molecule has 3 heterocycles. The summed E-state index contributed by atoms with van der Waals surface area (Å²) in [4.78, 5) is 31.0. The van der Waals surface area contributed by atoms with E-state index in [9.17, 15) is 14.0 Å². The summed E-state index contributed by atoms with van der Waals surface area (Å²) in [6.07, 6.45) is -0.169. The number of ether oxygens (including phenoxy) is 1. The van der Waals surface area contributed by atoms with Crippen molar-refractivity contribution >= 4 is 29.3 Å². The first-order chi connectivity index (χ1) is 17.2. The van der Waals surface area contributed by atoms with Crippen LogP contribution in [-0.2, 0) is 16.0 Å². The van der Waals surface area contributed by atoms with Crippen molar-refractivity contribution in [1.82, 2.24) is 20.1 Å². The molecule has 1 fully saturated rings. The second-order valence-electron chi connectivity index (χ2n) is 8.79. The van der Waals surface area contributed by atoms with Gasteiger partial charge in [0.15, 0.2) is 22.9 Å². The number of piperidine rings is 1. The first-order valence-electron chi connectivity index (χ1n) is 11.3. The number of carbonyl (C=O) groups is 2. The minimum atomic E-state index is -2.13. The number of alkyl halides is 1. The molecule has 1 unspecified atom stereocenters. The van der Waals surface area contributed by atoms with Gasteiger partial charge in [-0.25, -0.2) is 22.9 Å². The van der Waals surface area contributed by atoms with Gasteiger partial charge in [0.25, 0.3) is 5.91 Å². The smallest absolute Gasteiger partial charge is 0.412 e. The fraction of sp³-hybridized carbons (Fsp3) is 0.333. The molecule has 1 aromatic heterocycles. The summed E-state index contributed by atoms with van der Waals surface area (Å²) in [5, 5.41) is 8.73. The molecule has 5 rings (SSSR count). The SMILES string of the molecule is CCC(F)(c1ccc(F)cc1)c1nc(C(=O)N2CCC[C@@]3(C2)OC(=O)Nc2ccc(Cl)c(F)c23)n[nH]1. The average Bonchev–Trinajstić information content (AvgIpc) is 3.36. The molecule has 2 aliphatic rings. The second kappa shape index (κ2) is 8.81. The molecule has 0 saturated carbocycles. The van der Waals surface area contributed by atoms with Crippen LogP contribution in [0, 0.1) is 11.6 Å². The van der Waals surface area contributed by atoms with E-state index >= 15 is 8.78 Å². The van der Waals surface area contributed by atoms with Gasteiger partial charge in [-0.1, -0.05) is 30.7 Å². The number of aromatic amines is 1. The number of nitrogens with one attached hydrogen (secondary N) is 2. The lowest BCUT2D eigenvalue weighted by Crippen LogP contribution is -2.53. The number of anilines is 1. The highest BCUT2D eigenvalue weighted by Crippen LogP contribution is 2.45. The second-order valence-corrected chi connectivity index (χ2v) is 9.20. The molecule has 2 atom stereocenters. The zero-order valence-electron chi connectivity index (χ0n) is 19.1. The molecule has 1 spiro atoms. The molecular weight excluding hydrogens is 499 g/mol. The van der Waals surface area contributed by atoms with Crippen LogP contribution >= 0.6 is 11.6 Å². The van der Waals surface area contributed by atoms with E-state index in [2.05, 4.69) is 20.5 Å². The van der Waals surface area contributed by atoms with Crippen molar-refractivity contribution in [3.8, 4) is 0 Å². The van der Waals surface area contributed by atoms with Gasteiger partial charge in [-0.3, -0.25) is 15.2 Å². The lowest BCUT2D eigenvalue weighted by molar-refractivity contribution is -0.0420. The van der Waals surface area contributed by atoms with Crippen LogP contribution in [0.1, 0.15) is 53.8 Å². The summed E-state index contributed by atoms with van der Waals surface area (Å²) in [5.74, 6) is -2.40. The van der Waals surface area contributed by atoms with E-state index < -0.39 is 34.9 Å². The van der Waals surface area contributed by atoms with Crippen LogP contribution in [-0.4, -0.2) is 45.2 Å². The van der Waals surface area contributed by atoms with Gasteiger partial charge in [0.1, 0.15) is 5.82 Å². The number of hydrogen-bond acceptors (Lipinski definition) is 5. The van der Waals surface area contributed by atoms with Crippen molar-refractivity contribution in [3.63, 3.8) is 0 Å². The molecule has 2 aromatic carbocycles. The zero-order valence-corrected chi connectivity index (χ0v) is 19.8. The normalized spacial score (nSPS) is 20.9. The molecule has 8 nitrogen and oxygen atoms in total. The maximum Gasteiger partial charge on any atom is 0.412 e.